The third-order valence-electron chi connectivity index (χ3n) is 6.11. The van der Waals surface area contributed by atoms with Gasteiger partial charge in [-0.25, -0.2) is 14.3 Å². The Kier molecular flexibility index (Phi) is 6.30. The van der Waals surface area contributed by atoms with Crippen LogP contribution in [-0.2, 0) is 0 Å². The monoisotopic (exact) mass is 471 g/mol. The highest BCUT2D eigenvalue weighted by Gasteiger charge is 2.21. The van der Waals surface area contributed by atoms with Crippen molar-refractivity contribution in [1.29, 1.82) is 0 Å². The van der Waals surface area contributed by atoms with Gasteiger partial charge in [0.2, 0.25) is 0 Å². The second-order valence-corrected chi connectivity index (χ2v) is 8.53. The van der Waals surface area contributed by atoms with Gasteiger partial charge >= 0.3 is 5.97 Å². The molecule has 1 aliphatic rings. The quantitative estimate of drug-likeness (QED) is 0.420. The van der Waals surface area contributed by atoms with Gasteiger partial charge in [-0.15, -0.1) is 0 Å². The number of carbonyl (C=O) groups excluding carboxylic acids is 1. The van der Waals surface area contributed by atoms with Crippen LogP contribution in [0.1, 0.15) is 33.7 Å². The summed E-state index contributed by atoms with van der Waals surface area (Å²) in [6.07, 6.45) is 5.36. The minimum atomic E-state index is -0.961. The van der Waals surface area contributed by atoms with Gasteiger partial charge in [-0.1, -0.05) is 12.1 Å². The Morgan fingerprint density at radius 3 is 2.66 bits per heavy atom. The van der Waals surface area contributed by atoms with E-state index in [2.05, 4.69) is 20.3 Å². The molecule has 3 aromatic heterocycles. The number of aromatic carboxylic acids is 1. The number of hydrogen-bond donors (Lipinski definition) is 2. The molecule has 0 saturated carbocycles. The summed E-state index contributed by atoms with van der Waals surface area (Å²) in [7, 11) is 0. The highest BCUT2D eigenvalue weighted by molar-refractivity contribution is 6.03. The highest BCUT2D eigenvalue weighted by Crippen LogP contribution is 2.24. The molecule has 5 rings (SSSR count). The van der Waals surface area contributed by atoms with E-state index in [1.165, 1.54) is 0 Å². The van der Waals surface area contributed by atoms with Crippen molar-refractivity contribution < 1.29 is 19.4 Å². The van der Waals surface area contributed by atoms with E-state index >= 15 is 0 Å². The zero-order valence-electron chi connectivity index (χ0n) is 19.0. The second kappa shape index (κ2) is 9.84. The molecule has 4 heterocycles. The molecule has 2 N–H and O–H groups in total. The Hall–Kier alpha value is -4.40. The average Bonchev–Trinajstić information content (AvgIpc) is 3.33. The number of carbonyl (C=O) groups is 2. The number of carboxylic acids is 1. The van der Waals surface area contributed by atoms with Crippen molar-refractivity contribution in [3.05, 3.63) is 84.3 Å². The van der Waals surface area contributed by atoms with Crippen LogP contribution in [0.4, 0.5) is 11.5 Å². The van der Waals surface area contributed by atoms with Crippen molar-refractivity contribution in [2.75, 3.05) is 29.9 Å². The lowest BCUT2D eigenvalue weighted by molar-refractivity contribution is 0.0696. The first-order valence-electron chi connectivity index (χ1n) is 11.5. The first kappa shape index (κ1) is 22.4. The summed E-state index contributed by atoms with van der Waals surface area (Å²) in [5.41, 5.74) is 2.04. The van der Waals surface area contributed by atoms with E-state index in [9.17, 15) is 9.59 Å². The number of nitrogens with zero attached hydrogens (tertiary/aromatic N) is 4. The third kappa shape index (κ3) is 5.24. The summed E-state index contributed by atoms with van der Waals surface area (Å²) >= 11 is 0. The van der Waals surface area contributed by atoms with Crippen LogP contribution in [0.3, 0.4) is 0 Å². The van der Waals surface area contributed by atoms with E-state index in [-0.39, 0.29) is 11.5 Å². The standard InChI is InChI=1S/C26H25N5O4/c32-25(23-15-21-5-1-2-11-31(21)29-23)28-20-7-8-24(27-16-20)30-12-9-18(10-13-30)17-35-22-6-3-4-19(14-22)26(33)34/h1-8,11,14-16,18H,9-10,12-13,17H2,(H,28,32)(H,33,34). The van der Waals surface area contributed by atoms with E-state index in [1.807, 2.05) is 30.3 Å². The van der Waals surface area contributed by atoms with Gasteiger partial charge < -0.3 is 20.1 Å². The van der Waals surface area contributed by atoms with Crippen molar-refractivity contribution in [3.8, 4) is 5.75 Å². The Morgan fingerprint density at radius 1 is 1.06 bits per heavy atom. The fourth-order valence-corrected chi connectivity index (χ4v) is 4.15. The van der Waals surface area contributed by atoms with Gasteiger partial charge in [-0.2, -0.15) is 5.10 Å². The van der Waals surface area contributed by atoms with Crippen molar-refractivity contribution in [3.63, 3.8) is 0 Å². The number of amides is 1. The smallest absolute Gasteiger partial charge is 0.335 e. The molecule has 178 valence electrons. The summed E-state index contributed by atoms with van der Waals surface area (Å²) in [4.78, 5) is 30.4. The number of nitrogens with one attached hydrogen (secondary N) is 1. The number of hydrogen-bond acceptors (Lipinski definition) is 6. The van der Waals surface area contributed by atoms with Gasteiger partial charge in [0.25, 0.3) is 5.91 Å². The third-order valence-corrected chi connectivity index (χ3v) is 6.11. The summed E-state index contributed by atoms with van der Waals surface area (Å²) in [5, 5.41) is 16.3. The van der Waals surface area contributed by atoms with Gasteiger partial charge in [-0.05, 0) is 67.3 Å². The van der Waals surface area contributed by atoms with Crippen LogP contribution in [0.5, 0.6) is 5.75 Å². The van der Waals surface area contributed by atoms with Crippen LogP contribution in [0.2, 0.25) is 0 Å². The van der Waals surface area contributed by atoms with Crippen LogP contribution < -0.4 is 15.0 Å². The number of ether oxygens (including phenoxy) is 1. The molecule has 1 saturated heterocycles. The number of fused-ring (bicyclic) bond motifs is 1. The molecule has 9 heteroatoms. The minimum Gasteiger partial charge on any atom is -0.493 e. The van der Waals surface area contributed by atoms with Crippen LogP contribution >= 0.6 is 0 Å². The van der Waals surface area contributed by atoms with Gasteiger partial charge in [0.1, 0.15) is 11.6 Å². The lowest BCUT2D eigenvalue weighted by atomic mass is 9.98. The zero-order chi connectivity index (χ0) is 24.2. The first-order valence-corrected chi connectivity index (χ1v) is 11.5. The van der Waals surface area contributed by atoms with Crippen molar-refractivity contribution in [1.82, 2.24) is 14.6 Å². The number of benzene rings is 1. The molecule has 0 bridgehead atoms. The Balaban J connectivity index is 1.12. The molecule has 4 aromatic rings. The van der Waals surface area contributed by atoms with E-state index in [0.717, 1.165) is 37.3 Å². The van der Waals surface area contributed by atoms with E-state index < -0.39 is 5.97 Å². The molecule has 0 unspecified atom stereocenters. The zero-order valence-corrected chi connectivity index (χ0v) is 19.0. The molecule has 1 aliphatic heterocycles. The van der Waals surface area contributed by atoms with Gasteiger partial charge in [0, 0.05) is 19.3 Å². The molecule has 35 heavy (non-hydrogen) atoms. The number of piperidine rings is 1. The topological polar surface area (TPSA) is 109 Å². The lowest BCUT2D eigenvalue weighted by Crippen LogP contribution is -2.36. The number of carboxylic acid groups (broad SMARTS) is 1. The average molecular weight is 472 g/mol. The molecule has 9 nitrogen and oxygen atoms in total. The number of rotatable bonds is 7. The second-order valence-electron chi connectivity index (χ2n) is 8.53. The molecule has 0 aliphatic carbocycles. The normalized spacial score (nSPS) is 14.1. The van der Waals surface area contributed by atoms with Crippen molar-refractivity contribution in [2.45, 2.75) is 12.8 Å². The largest absolute Gasteiger partial charge is 0.493 e. The van der Waals surface area contributed by atoms with Crippen LogP contribution in [0.25, 0.3) is 5.52 Å². The molecular weight excluding hydrogens is 446 g/mol. The predicted molar refractivity (Wildman–Crippen MR) is 131 cm³/mol. The molecular formula is C26H25N5O4. The maximum absolute atomic E-state index is 12.6. The van der Waals surface area contributed by atoms with E-state index in [4.69, 9.17) is 9.84 Å². The summed E-state index contributed by atoms with van der Waals surface area (Å²) in [6.45, 7) is 2.25. The Morgan fingerprint density at radius 2 is 1.91 bits per heavy atom. The summed E-state index contributed by atoms with van der Waals surface area (Å²) in [6, 6.07) is 17.7. The Bertz CT molecular complexity index is 1310. The molecule has 1 amide bonds. The molecule has 1 aromatic carbocycles. The maximum Gasteiger partial charge on any atom is 0.335 e. The van der Waals surface area contributed by atoms with Crippen LogP contribution in [0, 0.1) is 5.92 Å². The fraction of sp³-hybridized carbons (Fsp3) is 0.231. The summed E-state index contributed by atoms with van der Waals surface area (Å²) < 4.78 is 7.51. The van der Waals surface area contributed by atoms with Gasteiger partial charge in [0.05, 0.1) is 29.6 Å². The Labute approximate surface area is 202 Å². The highest BCUT2D eigenvalue weighted by atomic mass is 16.5. The molecule has 1 fully saturated rings. The first-order chi connectivity index (χ1) is 17.0. The predicted octanol–water partition coefficient (Wildman–Crippen LogP) is 3.98. The van der Waals surface area contributed by atoms with Gasteiger partial charge in [0.15, 0.2) is 5.69 Å². The summed E-state index contributed by atoms with van der Waals surface area (Å²) in [5.74, 6) is 0.596. The van der Waals surface area contributed by atoms with Crippen molar-refractivity contribution >= 4 is 28.9 Å². The minimum absolute atomic E-state index is 0.223. The van der Waals surface area contributed by atoms with E-state index in [0.29, 0.717) is 29.7 Å². The molecule has 0 spiro atoms. The van der Waals surface area contributed by atoms with E-state index in [1.54, 1.807) is 47.2 Å². The number of anilines is 2. The SMILES string of the molecule is O=C(O)c1cccc(OCC2CCN(c3ccc(NC(=O)c4cc5ccccn5n4)cn3)CC2)c1. The van der Waals surface area contributed by atoms with Crippen molar-refractivity contribution in [2.24, 2.45) is 5.92 Å². The number of aromatic nitrogens is 3. The molecule has 0 atom stereocenters. The number of pyridine rings is 2. The molecule has 0 radical (unpaired) electrons. The van der Waals surface area contributed by atoms with Gasteiger partial charge in [-0.3, -0.25) is 4.79 Å². The fourth-order valence-electron chi connectivity index (χ4n) is 4.15. The van der Waals surface area contributed by atoms with Crippen LogP contribution in [0.15, 0.2) is 73.1 Å². The lowest BCUT2D eigenvalue weighted by Gasteiger charge is -2.32. The maximum atomic E-state index is 12.6. The van der Waals surface area contributed by atoms with Crippen LogP contribution in [-0.4, -0.2) is 51.3 Å².